The molecule has 0 atom stereocenters. The van der Waals surface area contributed by atoms with Gasteiger partial charge in [0.05, 0.1) is 18.8 Å². The highest BCUT2D eigenvalue weighted by atomic mass is 32.2. The molecule has 0 saturated heterocycles. The molecule has 170 valence electrons. The van der Waals surface area contributed by atoms with Gasteiger partial charge in [-0.25, -0.2) is 0 Å². The summed E-state index contributed by atoms with van der Waals surface area (Å²) in [5.74, 6) is 1.51. The van der Waals surface area contributed by atoms with Crippen molar-refractivity contribution in [3.63, 3.8) is 0 Å². The Morgan fingerprint density at radius 2 is 1.73 bits per heavy atom. The fourth-order valence-corrected chi connectivity index (χ4v) is 3.96. The van der Waals surface area contributed by atoms with Gasteiger partial charge in [-0.05, 0) is 55.5 Å². The average molecular weight is 464 g/mol. The largest absolute Gasteiger partial charge is 0.378 e. The van der Waals surface area contributed by atoms with Crippen molar-refractivity contribution in [3.8, 4) is 11.4 Å². The van der Waals surface area contributed by atoms with Gasteiger partial charge in [0.2, 0.25) is 11.7 Å². The minimum absolute atomic E-state index is 0.114. The number of aryl methyl sites for hydroxylation is 1. The molecule has 0 aliphatic carbocycles. The molecule has 2 aromatic carbocycles. The van der Waals surface area contributed by atoms with Crippen LogP contribution < -0.4 is 10.6 Å². The molecule has 0 saturated carbocycles. The molecule has 10 nitrogen and oxygen atoms in total. The van der Waals surface area contributed by atoms with Crippen LogP contribution in [-0.2, 0) is 24.4 Å². The van der Waals surface area contributed by atoms with E-state index in [1.807, 2.05) is 73.0 Å². The first kappa shape index (κ1) is 22.5. The van der Waals surface area contributed by atoms with Gasteiger partial charge in [0.1, 0.15) is 0 Å². The van der Waals surface area contributed by atoms with Gasteiger partial charge in [0.25, 0.3) is 0 Å². The number of benzene rings is 2. The van der Waals surface area contributed by atoms with Crippen molar-refractivity contribution in [3.05, 3.63) is 60.4 Å². The Morgan fingerprint density at radius 3 is 2.42 bits per heavy atom. The molecule has 2 aromatic heterocycles. The second-order valence-corrected chi connectivity index (χ2v) is 8.02. The van der Waals surface area contributed by atoms with Crippen molar-refractivity contribution >= 4 is 29.0 Å². The maximum Gasteiger partial charge on any atom is 0.234 e. The molecule has 0 fully saturated rings. The number of carbonyl (C=O) groups is 1. The molecular weight excluding hydrogens is 438 g/mol. The van der Waals surface area contributed by atoms with Gasteiger partial charge < -0.3 is 15.2 Å². The Hall–Kier alpha value is -3.73. The summed E-state index contributed by atoms with van der Waals surface area (Å²) in [5, 5.41) is 27.8. The van der Waals surface area contributed by atoms with E-state index in [1.165, 1.54) is 16.6 Å². The van der Waals surface area contributed by atoms with Crippen LogP contribution in [0.3, 0.4) is 0 Å². The zero-order valence-corrected chi connectivity index (χ0v) is 19.3. The standard InChI is InChI=1S/C22H25N9OS/c1-3-30-19(14-23-17-8-6-5-7-9-17)25-27-22(30)33-15-20(32)24-18-12-10-16(11-13-18)21-26-29-31(4-2)28-21/h5-13,23H,3-4,14-15H2,1-2H3,(H,24,32). The maximum absolute atomic E-state index is 12.5. The number of anilines is 2. The highest BCUT2D eigenvalue weighted by Crippen LogP contribution is 2.20. The molecule has 0 spiro atoms. The number of thioether (sulfide) groups is 1. The first-order valence-corrected chi connectivity index (χ1v) is 11.7. The topological polar surface area (TPSA) is 115 Å². The monoisotopic (exact) mass is 463 g/mol. The molecule has 0 radical (unpaired) electrons. The summed E-state index contributed by atoms with van der Waals surface area (Å²) >= 11 is 1.37. The first-order valence-electron chi connectivity index (χ1n) is 10.7. The van der Waals surface area contributed by atoms with Gasteiger partial charge in [-0.1, -0.05) is 30.0 Å². The minimum atomic E-state index is -0.114. The third-order valence-corrected chi connectivity index (χ3v) is 5.80. The number of para-hydroxylation sites is 1. The van der Waals surface area contributed by atoms with E-state index in [9.17, 15) is 4.79 Å². The first-order chi connectivity index (χ1) is 16.2. The summed E-state index contributed by atoms with van der Waals surface area (Å²) in [6.45, 7) is 5.93. The summed E-state index contributed by atoms with van der Waals surface area (Å²) in [7, 11) is 0. The van der Waals surface area contributed by atoms with Gasteiger partial charge in [0, 0.05) is 23.5 Å². The minimum Gasteiger partial charge on any atom is -0.378 e. The zero-order valence-electron chi connectivity index (χ0n) is 18.5. The molecular formula is C22H25N9OS. The molecule has 0 aliphatic rings. The van der Waals surface area contributed by atoms with Gasteiger partial charge in [-0.2, -0.15) is 4.80 Å². The lowest BCUT2D eigenvalue weighted by atomic mass is 10.2. The van der Waals surface area contributed by atoms with Crippen molar-refractivity contribution in [2.45, 2.75) is 38.6 Å². The Labute approximate surface area is 195 Å². The molecule has 11 heteroatoms. The van der Waals surface area contributed by atoms with Gasteiger partial charge in [-0.15, -0.1) is 20.4 Å². The van der Waals surface area contributed by atoms with Crippen molar-refractivity contribution in [2.24, 2.45) is 0 Å². The lowest BCUT2D eigenvalue weighted by molar-refractivity contribution is -0.113. The SMILES string of the molecule is CCn1nnc(-c2ccc(NC(=O)CSc3nnc(CNc4ccccc4)n3CC)cc2)n1. The highest BCUT2D eigenvalue weighted by Gasteiger charge is 2.13. The lowest BCUT2D eigenvalue weighted by Gasteiger charge is -2.09. The van der Waals surface area contributed by atoms with Gasteiger partial charge >= 0.3 is 0 Å². The Bertz CT molecular complexity index is 1190. The smallest absolute Gasteiger partial charge is 0.234 e. The van der Waals surface area contributed by atoms with E-state index in [-0.39, 0.29) is 11.7 Å². The highest BCUT2D eigenvalue weighted by molar-refractivity contribution is 7.99. The zero-order chi connectivity index (χ0) is 23.0. The fourth-order valence-electron chi connectivity index (χ4n) is 3.13. The number of carbonyl (C=O) groups excluding carboxylic acids is 1. The summed E-state index contributed by atoms with van der Waals surface area (Å²) in [5.41, 5.74) is 2.57. The Kier molecular flexibility index (Phi) is 7.30. The summed E-state index contributed by atoms with van der Waals surface area (Å²) in [6.07, 6.45) is 0. The number of amides is 1. The fraction of sp³-hybridized carbons (Fsp3) is 0.273. The van der Waals surface area contributed by atoms with Crippen molar-refractivity contribution in [1.29, 1.82) is 0 Å². The van der Waals surface area contributed by atoms with Crippen LogP contribution in [0, 0.1) is 0 Å². The van der Waals surface area contributed by atoms with Crippen LogP contribution in [0.5, 0.6) is 0 Å². The van der Waals surface area contributed by atoms with Crippen molar-refractivity contribution in [1.82, 2.24) is 35.0 Å². The number of rotatable bonds is 10. The number of tetrazole rings is 1. The van der Waals surface area contributed by atoms with Crippen LogP contribution in [0.15, 0.2) is 59.8 Å². The average Bonchev–Trinajstić information content (AvgIpc) is 3.49. The van der Waals surface area contributed by atoms with Crippen LogP contribution >= 0.6 is 11.8 Å². The Balaban J connectivity index is 1.30. The molecule has 33 heavy (non-hydrogen) atoms. The molecule has 0 aliphatic heterocycles. The van der Waals surface area contributed by atoms with E-state index in [2.05, 4.69) is 36.2 Å². The predicted molar refractivity (Wildman–Crippen MR) is 128 cm³/mol. The van der Waals surface area contributed by atoms with E-state index in [4.69, 9.17) is 0 Å². The summed E-state index contributed by atoms with van der Waals surface area (Å²) < 4.78 is 2.01. The van der Waals surface area contributed by atoms with Crippen molar-refractivity contribution in [2.75, 3.05) is 16.4 Å². The molecule has 2 N–H and O–H groups in total. The van der Waals surface area contributed by atoms with E-state index in [0.29, 0.717) is 24.6 Å². The number of nitrogens with one attached hydrogen (secondary N) is 2. The van der Waals surface area contributed by atoms with E-state index >= 15 is 0 Å². The summed E-state index contributed by atoms with van der Waals surface area (Å²) in [6, 6.07) is 17.3. The second kappa shape index (κ2) is 10.7. The molecule has 0 bridgehead atoms. The van der Waals surface area contributed by atoms with Crippen LogP contribution in [0.25, 0.3) is 11.4 Å². The number of hydrogen-bond acceptors (Lipinski definition) is 8. The molecule has 0 unspecified atom stereocenters. The van der Waals surface area contributed by atoms with Crippen LogP contribution in [0.1, 0.15) is 19.7 Å². The maximum atomic E-state index is 12.5. The van der Waals surface area contributed by atoms with Crippen LogP contribution in [0.4, 0.5) is 11.4 Å². The molecule has 4 aromatic rings. The van der Waals surface area contributed by atoms with Gasteiger partial charge in [-0.3, -0.25) is 4.79 Å². The van der Waals surface area contributed by atoms with E-state index in [1.54, 1.807) is 0 Å². The quantitative estimate of drug-likeness (QED) is 0.344. The van der Waals surface area contributed by atoms with Crippen molar-refractivity contribution < 1.29 is 4.79 Å². The number of aromatic nitrogens is 7. The number of nitrogens with zero attached hydrogens (tertiary/aromatic N) is 7. The van der Waals surface area contributed by atoms with Crippen LogP contribution in [-0.4, -0.2) is 46.6 Å². The molecule has 1 amide bonds. The predicted octanol–water partition coefficient (Wildman–Crippen LogP) is 3.31. The molecule has 2 heterocycles. The van der Waals surface area contributed by atoms with Crippen LogP contribution in [0.2, 0.25) is 0 Å². The van der Waals surface area contributed by atoms with E-state index < -0.39 is 0 Å². The Morgan fingerprint density at radius 1 is 0.939 bits per heavy atom. The van der Waals surface area contributed by atoms with E-state index in [0.717, 1.165) is 28.8 Å². The third-order valence-electron chi connectivity index (χ3n) is 4.83. The van der Waals surface area contributed by atoms with Gasteiger partial charge in [0.15, 0.2) is 11.0 Å². The number of hydrogen-bond donors (Lipinski definition) is 2. The third kappa shape index (κ3) is 5.75. The second-order valence-electron chi connectivity index (χ2n) is 7.08. The summed E-state index contributed by atoms with van der Waals surface area (Å²) in [4.78, 5) is 14.0. The lowest BCUT2D eigenvalue weighted by Crippen LogP contribution is -2.15. The molecule has 4 rings (SSSR count). The normalized spacial score (nSPS) is 10.8.